The molecule has 0 aromatic heterocycles. The van der Waals surface area contributed by atoms with Crippen LogP contribution in [0.5, 0.6) is 11.5 Å². The predicted octanol–water partition coefficient (Wildman–Crippen LogP) is 1.95. The molecule has 1 heterocycles. The van der Waals surface area contributed by atoms with Crippen LogP contribution in [0.3, 0.4) is 0 Å². The summed E-state index contributed by atoms with van der Waals surface area (Å²) >= 11 is 1.08. The molecule has 0 unspecified atom stereocenters. The van der Waals surface area contributed by atoms with E-state index in [4.69, 9.17) is 9.47 Å². The Balaban J connectivity index is 2.39. The fourth-order valence-corrected chi connectivity index (χ4v) is 3.39. The minimum atomic E-state index is -0.433. The Hall–Kier alpha value is -2.66. The second-order valence-electron chi connectivity index (χ2n) is 5.14. The Morgan fingerprint density at radius 2 is 2.04 bits per heavy atom. The molecule has 2 rings (SSSR count). The minimum Gasteiger partial charge on any atom is -0.493 e. The second-order valence-corrected chi connectivity index (χ2v) is 6.12. The summed E-state index contributed by atoms with van der Waals surface area (Å²) in [5.41, 5.74) is 1.17. The van der Waals surface area contributed by atoms with E-state index in [2.05, 4.69) is 16.1 Å². The molecule has 0 bridgehead atoms. The van der Waals surface area contributed by atoms with Crippen LogP contribution < -0.4 is 14.8 Å². The standard InChI is InChI=1S/C17H18N2O5S/c1-22-13-5-4-10(6-14(13)23-2)11-7-15(20)19-17(12(11)8-18)25-9-16(21)24-3/h4-6,11H,7,9H2,1-3H3,(H,19,20)/t11-/m0/s1. The molecular weight excluding hydrogens is 344 g/mol. The first-order valence-corrected chi connectivity index (χ1v) is 8.38. The number of carbonyl (C=O) groups excluding carboxylic acids is 2. The lowest BCUT2D eigenvalue weighted by atomic mass is 9.87. The van der Waals surface area contributed by atoms with Gasteiger partial charge in [-0.3, -0.25) is 9.59 Å². The molecule has 1 aromatic rings. The highest BCUT2D eigenvalue weighted by atomic mass is 32.2. The van der Waals surface area contributed by atoms with Crippen LogP contribution in [0.25, 0.3) is 0 Å². The zero-order chi connectivity index (χ0) is 18.4. The molecule has 1 aliphatic heterocycles. The number of nitrogens with zero attached hydrogens (tertiary/aromatic N) is 1. The molecule has 0 saturated heterocycles. The molecule has 0 aliphatic carbocycles. The number of rotatable bonds is 6. The van der Waals surface area contributed by atoms with Gasteiger partial charge in [0.1, 0.15) is 0 Å². The van der Waals surface area contributed by atoms with Gasteiger partial charge >= 0.3 is 5.97 Å². The SMILES string of the molecule is COC(=O)CSC1=C(C#N)[C@H](c2ccc(OC)c(OC)c2)CC(=O)N1. The molecule has 25 heavy (non-hydrogen) atoms. The average Bonchev–Trinajstić information content (AvgIpc) is 2.64. The van der Waals surface area contributed by atoms with Crippen LogP contribution in [0.2, 0.25) is 0 Å². The number of carbonyl (C=O) groups is 2. The molecule has 0 saturated carbocycles. The molecule has 1 amide bonds. The topological polar surface area (TPSA) is 97.7 Å². The van der Waals surface area contributed by atoms with Gasteiger partial charge in [-0.1, -0.05) is 17.8 Å². The summed E-state index contributed by atoms with van der Waals surface area (Å²) in [7, 11) is 4.34. The summed E-state index contributed by atoms with van der Waals surface area (Å²) in [5, 5.41) is 12.6. The van der Waals surface area contributed by atoms with Gasteiger partial charge in [-0.15, -0.1) is 0 Å². The quantitative estimate of drug-likeness (QED) is 0.772. The Bertz CT molecular complexity index is 754. The van der Waals surface area contributed by atoms with Crippen LogP contribution in [0.15, 0.2) is 28.8 Å². The van der Waals surface area contributed by atoms with Crippen molar-refractivity contribution in [3.63, 3.8) is 0 Å². The highest BCUT2D eigenvalue weighted by Gasteiger charge is 2.30. The van der Waals surface area contributed by atoms with Crippen molar-refractivity contribution in [2.24, 2.45) is 0 Å². The summed E-state index contributed by atoms with van der Waals surface area (Å²) < 4.78 is 15.1. The van der Waals surface area contributed by atoms with Gasteiger partial charge in [0.25, 0.3) is 0 Å². The molecule has 132 valence electrons. The van der Waals surface area contributed by atoms with Crippen molar-refractivity contribution in [2.75, 3.05) is 27.1 Å². The van der Waals surface area contributed by atoms with Crippen molar-refractivity contribution in [3.05, 3.63) is 34.4 Å². The number of ether oxygens (including phenoxy) is 3. The van der Waals surface area contributed by atoms with Crippen molar-refractivity contribution in [3.8, 4) is 17.6 Å². The van der Waals surface area contributed by atoms with Crippen molar-refractivity contribution in [2.45, 2.75) is 12.3 Å². The number of thioether (sulfide) groups is 1. The number of methoxy groups -OCH3 is 3. The van der Waals surface area contributed by atoms with Gasteiger partial charge in [0.15, 0.2) is 11.5 Å². The summed E-state index contributed by atoms with van der Waals surface area (Å²) in [5.74, 6) is 0.0270. The van der Waals surface area contributed by atoms with E-state index in [-0.39, 0.29) is 18.1 Å². The smallest absolute Gasteiger partial charge is 0.316 e. The van der Waals surface area contributed by atoms with Crippen molar-refractivity contribution in [1.82, 2.24) is 5.32 Å². The minimum absolute atomic E-state index is 0.00987. The zero-order valence-electron chi connectivity index (χ0n) is 14.1. The molecule has 1 atom stereocenters. The third kappa shape index (κ3) is 4.25. The number of hydrogen-bond donors (Lipinski definition) is 1. The average molecular weight is 362 g/mol. The number of nitriles is 1. The second kappa shape index (κ2) is 8.44. The molecule has 0 radical (unpaired) electrons. The van der Waals surface area contributed by atoms with Gasteiger partial charge in [-0.25, -0.2) is 0 Å². The van der Waals surface area contributed by atoms with Gasteiger partial charge in [0.05, 0.1) is 43.8 Å². The summed E-state index contributed by atoms with van der Waals surface area (Å²) in [6.45, 7) is 0. The maximum atomic E-state index is 12.1. The van der Waals surface area contributed by atoms with Crippen LogP contribution in [0.4, 0.5) is 0 Å². The molecule has 1 aliphatic rings. The molecule has 0 fully saturated rings. The zero-order valence-corrected chi connectivity index (χ0v) is 14.9. The Labute approximate surface area is 149 Å². The summed E-state index contributed by atoms with van der Waals surface area (Å²) in [4.78, 5) is 23.4. The van der Waals surface area contributed by atoms with E-state index in [0.717, 1.165) is 17.3 Å². The molecule has 1 N–H and O–H groups in total. The Morgan fingerprint density at radius 3 is 2.64 bits per heavy atom. The molecule has 8 heteroatoms. The van der Waals surface area contributed by atoms with E-state index in [0.29, 0.717) is 22.1 Å². The van der Waals surface area contributed by atoms with Gasteiger partial charge in [0.2, 0.25) is 5.91 Å². The number of benzene rings is 1. The maximum absolute atomic E-state index is 12.1. The van der Waals surface area contributed by atoms with Crippen LogP contribution in [0.1, 0.15) is 17.9 Å². The fraction of sp³-hybridized carbons (Fsp3) is 0.353. The van der Waals surface area contributed by atoms with E-state index in [9.17, 15) is 14.9 Å². The third-order valence-corrected chi connectivity index (χ3v) is 4.72. The van der Waals surface area contributed by atoms with Crippen molar-refractivity contribution >= 4 is 23.6 Å². The first-order chi connectivity index (χ1) is 12.0. The van der Waals surface area contributed by atoms with Crippen LogP contribution in [-0.2, 0) is 14.3 Å². The maximum Gasteiger partial charge on any atom is 0.316 e. The van der Waals surface area contributed by atoms with Gasteiger partial charge in [-0.05, 0) is 17.7 Å². The lowest BCUT2D eigenvalue weighted by Gasteiger charge is -2.25. The molecule has 1 aromatic carbocycles. The van der Waals surface area contributed by atoms with E-state index in [1.165, 1.54) is 21.3 Å². The summed E-state index contributed by atoms with van der Waals surface area (Å²) in [6.07, 6.45) is 0.140. The van der Waals surface area contributed by atoms with Crippen LogP contribution in [-0.4, -0.2) is 39.0 Å². The van der Waals surface area contributed by atoms with Gasteiger partial charge in [0, 0.05) is 12.3 Å². The molecular formula is C17H18N2O5S. The lowest BCUT2D eigenvalue weighted by molar-refractivity contribution is -0.137. The number of hydrogen-bond acceptors (Lipinski definition) is 7. The Morgan fingerprint density at radius 1 is 1.32 bits per heavy atom. The number of allylic oxidation sites excluding steroid dienone is 1. The highest BCUT2D eigenvalue weighted by Crippen LogP contribution is 2.39. The summed E-state index contributed by atoms with van der Waals surface area (Å²) in [6, 6.07) is 7.43. The first kappa shape index (κ1) is 18.7. The largest absolute Gasteiger partial charge is 0.493 e. The normalized spacial score (nSPS) is 16.7. The van der Waals surface area contributed by atoms with Gasteiger partial charge in [-0.2, -0.15) is 5.26 Å². The lowest BCUT2D eigenvalue weighted by Crippen LogP contribution is -2.31. The van der Waals surface area contributed by atoms with E-state index in [1.54, 1.807) is 18.2 Å². The van der Waals surface area contributed by atoms with E-state index < -0.39 is 11.9 Å². The molecule has 7 nitrogen and oxygen atoms in total. The molecule has 0 spiro atoms. The number of esters is 1. The highest BCUT2D eigenvalue weighted by molar-refractivity contribution is 8.03. The van der Waals surface area contributed by atoms with Gasteiger partial charge < -0.3 is 19.5 Å². The predicted molar refractivity (Wildman–Crippen MR) is 92.2 cm³/mol. The Kier molecular flexibility index (Phi) is 6.31. The van der Waals surface area contributed by atoms with Crippen molar-refractivity contribution in [1.29, 1.82) is 5.26 Å². The van der Waals surface area contributed by atoms with Crippen LogP contribution in [0, 0.1) is 11.3 Å². The van der Waals surface area contributed by atoms with Crippen molar-refractivity contribution < 1.29 is 23.8 Å². The van der Waals surface area contributed by atoms with E-state index in [1.807, 2.05) is 0 Å². The third-order valence-electron chi connectivity index (χ3n) is 3.73. The monoisotopic (exact) mass is 362 g/mol. The van der Waals surface area contributed by atoms with E-state index >= 15 is 0 Å². The number of amides is 1. The number of nitrogens with one attached hydrogen (secondary N) is 1. The van der Waals surface area contributed by atoms with Crippen LogP contribution >= 0.6 is 11.8 Å². The fourth-order valence-electron chi connectivity index (χ4n) is 2.48. The first-order valence-electron chi connectivity index (χ1n) is 7.39.